The molecule has 3 heterocycles. The molecule has 134 valence electrons. The van der Waals surface area contributed by atoms with Crippen LogP contribution in [0.25, 0.3) is 28.0 Å². The molecule has 0 N–H and O–H groups in total. The minimum Gasteiger partial charge on any atom is -0.264 e. The molecule has 4 aromatic rings. The number of halogens is 1. The molecule has 1 aliphatic rings. The highest BCUT2D eigenvalue weighted by atomic mass is 35.5. The van der Waals surface area contributed by atoms with Gasteiger partial charge in [0.2, 0.25) is 0 Å². The van der Waals surface area contributed by atoms with Gasteiger partial charge in [0.15, 0.2) is 5.65 Å². The molecule has 1 atom stereocenters. The molecule has 0 radical (unpaired) electrons. The summed E-state index contributed by atoms with van der Waals surface area (Å²) < 4.78 is 2.03. The van der Waals surface area contributed by atoms with Gasteiger partial charge in [-0.25, -0.2) is 9.50 Å². The van der Waals surface area contributed by atoms with Crippen molar-refractivity contribution in [2.75, 3.05) is 0 Å². The number of aromatic nitrogens is 4. The number of benzene rings is 1. The van der Waals surface area contributed by atoms with E-state index in [0.29, 0.717) is 5.92 Å². The first-order chi connectivity index (χ1) is 13.2. The molecule has 0 saturated heterocycles. The fraction of sp³-hybridized carbons (Fsp3) is 0.227. The Balaban J connectivity index is 1.79. The molecular weight excluding hydrogens is 356 g/mol. The average Bonchev–Trinajstić information content (AvgIpc) is 3.12. The van der Waals surface area contributed by atoms with E-state index in [0.717, 1.165) is 45.9 Å². The van der Waals surface area contributed by atoms with Crippen molar-refractivity contribution in [3.05, 3.63) is 71.3 Å². The molecule has 0 amide bonds. The predicted octanol–water partition coefficient (Wildman–Crippen LogP) is 5.24. The van der Waals surface area contributed by atoms with Gasteiger partial charge < -0.3 is 0 Å². The molecule has 0 unspecified atom stereocenters. The molecule has 5 heteroatoms. The van der Waals surface area contributed by atoms with E-state index in [2.05, 4.69) is 18.0 Å². The second-order valence-corrected chi connectivity index (χ2v) is 7.71. The van der Waals surface area contributed by atoms with E-state index in [4.69, 9.17) is 21.7 Å². The number of pyridine rings is 1. The van der Waals surface area contributed by atoms with Gasteiger partial charge in [0.1, 0.15) is 0 Å². The molecule has 1 aromatic carbocycles. The first-order valence-corrected chi connectivity index (χ1v) is 9.64. The summed E-state index contributed by atoms with van der Waals surface area (Å²) >= 11 is 6.06. The summed E-state index contributed by atoms with van der Waals surface area (Å²) in [5.74, 6) is 0.651. The quantitative estimate of drug-likeness (QED) is 0.482. The van der Waals surface area contributed by atoms with E-state index in [1.165, 1.54) is 17.7 Å². The Bertz CT molecular complexity index is 1120. The molecule has 5 rings (SSSR count). The van der Waals surface area contributed by atoms with Gasteiger partial charge in [-0.3, -0.25) is 4.98 Å². The van der Waals surface area contributed by atoms with E-state index in [-0.39, 0.29) is 0 Å². The zero-order chi connectivity index (χ0) is 18.4. The van der Waals surface area contributed by atoms with Crippen LogP contribution in [-0.4, -0.2) is 19.6 Å². The van der Waals surface area contributed by atoms with Crippen LogP contribution in [0.5, 0.6) is 0 Å². The molecule has 0 fully saturated rings. The van der Waals surface area contributed by atoms with Crippen molar-refractivity contribution in [2.24, 2.45) is 5.92 Å². The third kappa shape index (κ3) is 2.81. The summed E-state index contributed by atoms with van der Waals surface area (Å²) in [6.45, 7) is 2.31. The van der Waals surface area contributed by atoms with Gasteiger partial charge in [0.05, 0.1) is 11.9 Å². The zero-order valence-corrected chi connectivity index (χ0v) is 15.8. The van der Waals surface area contributed by atoms with Crippen LogP contribution >= 0.6 is 11.6 Å². The molecule has 27 heavy (non-hydrogen) atoms. The lowest BCUT2D eigenvalue weighted by atomic mass is 9.86. The number of nitrogens with zero attached hydrogens (tertiary/aromatic N) is 4. The maximum absolute atomic E-state index is 6.06. The number of fused-ring (bicyclic) bond motifs is 3. The fourth-order valence-corrected chi connectivity index (χ4v) is 4.09. The maximum atomic E-state index is 6.06. The first kappa shape index (κ1) is 16.5. The third-order valence-electron chi connectivity index (χ3n) is 5.37. The monoisotopic (exact) mass is 374 g/mol. The molecule has 0 bridgehead atoms. The Kier molecular flexibility index (Phi) is 3.94. The van der Waals surface area contributed by atoms with E-state index in [1.807, 2.05) is 47.2 Å². The van der Waals surface area contributed by atoms with Gasteiger partial charge in [-0.15, -0.1) is 0 Å². The van der Waals surface area contributed by atoms with Crippen LogP contribution in [0.3, 0.4) is 0 Å². The summed E-state index contributed by atoms with van der Waals surface area (Å²) in [5, 5.41) is 5.42. The minimum absolute atomic E-state index is 0.651. The standard InChI is InChI=1S/C22H19ClN4/c1-14-4-9-20-18(11-14)21(16-3-2-10-24-12-16)26-22-19(13-25-27(20)22)15-5-7-17(23)8-6-15/h2-3,5-8,10,12-14H,4,9,11H2,1H3/t14-/m1/s1. The van der Waals surface area contributed by atoms with E-state index in [1.54, 1.807) is 6.20 Å². The highest BCUT2D eigenvalue weighted by molar-refractivity contribution is 6.30. The van der Waals surface area contributed by atoms with E-state index >= 15 is 0 Å². The SMILES string of the molecule is C[C@@H]1CCc2c(c(-c3cccnc3)nc3c(-c4ccc(Cl)cc4)cnn23)C1. The van der Waals surface area contributed by atoms with E-state index < -0.39 is 0 Å². The topological polar surface area (TPSA) is 43.1 Å². The lowest BCUT2D eigenvalue weighted by molar-refractivity contribution is 0.486. The summed E-state index contributed by atoms with van der Waals surface area (Å²) in [5.41, 5.74) is 7.67. The smallest absolute Gasteiger partial charge is 0.163 e. The van der Waals surface area contributed by atoms with Crippen LogP contribution in [0.2, 0.25) is 5.02 Å². The van der Waals surface area contributed by atoms with Gasteiger partial charge in [-0.1, -0.05) is 30.7 Å². The number of aryl methyl sites for hydroxylation is 1. The van der Waals surface area contributed by atoms with Crippen molar-refractivity contribution in [3.8, 4) is 22.4 Å². The lowest BCUT2D eigenvalue weighted by Gasteiger charge is -2.24. The normalized spacial score (nSPS) is 16.4. The first-order valence-electron chi connectivity index (χ1n) is 9.26. The van der Waals surface area contributed by atoms with Gasteiger partial charge in [-0.05, 0) is 55.0 Å². The van der Waals surface area contributed by atoms with Crippen LogP contribution in [0.4, 0.5) is 0 Å². The highest BCUT2D eigenvalue weighted by Crippen LogP contribution is 2.35. The Morgan fingerprint density at radius 1 is 1.07 bits per heavy atom. The lowest BCUT2D eigenvalue weighted by Crippen LogP contribution is -2.18. The Morgan fingerprint density at radius 3 is 2.70 bits per heavy atom. The Labute approximate surface area is 162 Å². The van der Waals surface area contributed by atoms with Gasteiger partial charge in [-0.2, -0.15) is 5.10 Å². The average molecular weight is 375 g/mol. The highest BCUT2D eigenvalue weighted by Gasteiger charge is 2.25. The molecule has 0 saturated carbocycles. The van der Waals surface area contributed by atoms with Crippen LogP contribution in [0, 0.1) is 5.92 Å². The molecule has 3 aromatic heterocycles. The molecule has 4 nitrogen and oxygen atoms in total. The van der Waals surface area contributed by atoms with Crippen LogP contribution in [-0.2, 0) is 12.8 Å². The maximum Gasteiger partial charge on any atom is 0.163 e. The zero-order valence-electron chi connectivity index (χ0n) is 15.1. The number of hydrogen-bond acceptors (Lipinski definition) is 3. The minimum atomic E-state index is 0.651. The summed E-state index contributed by atoms with van der Waals surface area (Å²) in [6.07, 6.45) is 8.83. The molecule has 0 spiro atoms. The van der Waals surface area contributed by atoms with E-state index in [9.17, 15) is 0 Å². The summed E-state index contributed by atoms with van der Waals surface area (Å²) in [6, 6.07) is 11.9. The van der Waals surface area contributed by atoms with Crippen molar-refractivity contribution < 1.29 is 0 Å². The van der Waals surface area contributed by atoms with Crippen molar-refractivity contribution in [1.29, 1.82) is 0 Å². The largest absolute Gasteiger partial charge is 0.264 e. The third-order valence-corrected chi connectivity index (χ3v) is 5.62. The van der Waals surface area contributed by atoms with Crippen molar-refractivity contribution in [2.45, 2.75) is 26.2 Å². The van der Waals surface area contributed by atoms with Gasteiger partial charge in [0, 0.05) is 39.8 Å². The number of hydrogen-bond donors (Lipinski definition) is 0. The second-order valence-electron chi connectivity index (χ2n) is 7.28. The van der Waals surface area contributed by atoms with Crippen LogP contribution in [0.15, 0.2) is 55.0 Å². The van der Waals surface area contributed by atoms with Crippen molar-refractivity contribution in [1.82, 2.24) is 19.6 Å². The van der Waals surface area contributed by atoms with Crippen molar-refractivity contribution in [3.63, 3.8) is 0 Å². The fourth-order valence-electron chi connectivity index (χ4n) is 3.96. The number of rotatable bonds is 2. The Hall–Kier alpha value is -2.72. The van der Waals surface area contributed by atoms with Gasteiger partial charge >= 0.3 is 0 Å². The summed E-state index contributed by atoms with van der Waals surface area (Å²) in [7, 11) is 0. The van der Waals surface area contributed by atoms with Crippen molar-refractivity contribution >= 4 is 17.2 Å². The summed E-state index contributed by atoms with van der Waals surface area (Å²) in [4.78, 5) is 9.39. The van der Waals surface area contributed by atoms with Gasteiger partial charge in [0.25, 0.3) is 0 Å². The van der Waals surface area contributed by atoms with Crippen LogP contribution in [0.1, 0.15) is 24.6 Å². The molecule has 1 aliphatic carbocycles. The molecular formula is C22H19ClN4. The second kappa shape index (κ2) is 6.46. The molecule has 0 aliphatic heterocycles. The predicted molar refractivity (Wildman–Crippen MR) is 108 cm³/mol. The van der Waals surface area contributed by atoms with Crippen LogP contribution < -0.4 is 0 Å². The Morgan fingerprint density at radius 2 is 1.93 bits per heavy atom.